The third-order valence-corrected chi connectivity index (χ3v) is 1.99. The predicted molar refractivity (Wildman–Crippen MR) is 67.9 cm³/mol. The summed E-state index contributed by atoms with van der Waals surface area (Å²) in [6.45, 7) is 9.56. The first-order valence-corrected chi connectivity index (χ1v) is 5.18. The summed E-state index contributed by atoms with van der Waals surface area (Å²) in [5.74, 6) is 0. The van der Waals surface area contributed by atoms with Crippen LogP contribution in [-0.2, 0) is 13.5 Å². The lowest BCUT2D eigenvalue weighted by Crippen LogP contribution is -1.92. The van der Waals surface area contributed by atoms with E-state index < -0.39 is 0 Å². The van der Waals surface area contributed by atoms with E-state index in [0.717, 1.165) is 23.4 Å². The van der Waals surface area contributed by atoms with E-state index in [9.17, 15) is 0 Å². The molecular weight excluding hydrogens is 198 g/mol. The first-order chi connectivity index (χ1) is 7.67. The van der Waals surface area contributed by atoms with Gasteiger partial charge >= 0.3 is 0 Å². The van der Waals surface area contributed by atoms with Crippen molar-refractivity contribution in [3.63, 3.8) is 0 Å². The quantitative estimate of drug-likeness (QED) is 0.558. The largest absolute Gasteiger partial charge is 0.187 e. The van der Waals surface area contributed by atoms with Crippen LogP contribution < -0.4 is 0 Å². The van der Waals surface area contributed by atoms with Gasteiger partial charge in [0.25, 0.3) is 0 Å². The lowest BCUT2D eigenvalue weighted by Gasteiger charge is -1.90. The van der Waals surface area contributed by atoms with Crippen LogP contribution in [0.5, 0.6) is 0 Å². The van der Waals surface area contributed by atoms with Crippen molar-refractivity contribution < 1.29 is 0 Å². The lowest BCUT2D eigenvalue weighted by molar-refractivity contribution is 0.646. The Hall–Kier alpha value is -1.90. The van der Waals surface area contributed by atoms with Gasteiger partial charge in [-0.2, -0.15) is 15.0 Å². The molecule has 0 atom stereocenters. The Morgan fingerprint density at radius 3 is 2.75 bits per heavy atom. The number of rotatable bonds is 5. The van der Waals surface area contributed by atoms with Crippen molar-refractivity contribution >= 4 is 6.08 Å². The standard InChI is InChI=1S/C13H17N3/c1-5-7-11(3)9-10-13-12(8-6-2)14-16(4)15-13/h5-7,9-10H,2-3,8H2,1,4H3/b7-5-,10-9-. The van der Waals surface area contributed by atoms with E-state index in [1.54, 1.807) is 4.80 Å². The van der Waals surface area contributed by atoms with Crippen molar-refractivity contribution in [3.05, 3.63) is 54.4 Å². The molecule has 0 radical (unpaired) electrons. The molecule has 0 amide bonds. The molecule has 0 aliphatic carbocycles. The molecule has 0 aliphatic rings. The van der Waals surface area contributed by atoms with Gasteiger partial charge < -0.3 is 0 Å². The summed E-state index contributed by atoms with van der Waals surface area (Å²) in [4.78, 5) is 1.57. The molecule has 84 valence electrons. The summed E-state index contributed by atoms with van der Waals surface area (Å²) in [6, 6.07) is 0. The number of hydrogen-bond donors (Lipinski definition) is 0. The van der Waals surface area contributed by atoms with Crippen molar-refractivity contribution in [1.82, 2.24) is 15.0 Å². The second kappa shape index (κ2) is 5.85. The Bertz CT molecular complexity index is 436. The average molecular weight is 215 g/mol. The van der Waals surface area contributed by atoms with E-state index in [-0.39, 0.29) is 0 Å². The molecule has 3 nitrogen and oxygen atoms in total. The van der Waals surface area contributed by atoms with Gasteiger partial charge in [-0.15, -0.1) is 6.58 Å². The maximum Gasteiger partial charge on any atom is 0.109 e. The molecule has 3 heteroatoms. The summed E-state index contributed by atoms with van der Waals surface area (Å²) in [6.07, 6.45) is 10.3. The fourth-order valence-electron chi connectivity index (χ4n) is 1.33. The molecule has 0 aromatic carbocycles. The van der Waals surface area contributed by atoms with Crippen LogP contribution in [0.25, 0.3) is 6.08 Å². The first-order valence-electron chi connectivity index (χ1n) is 5.18. The molecule has 0 fully saturated rings. The molecular formula is C13H17N3. The molecule has 1 rings (SSSR count). The van der Waals surface area contributed by atoms with Crippen molar-refractivity contribution in [3.8, 4) is 0 Å². The lowest BCUT2D eigenvalue weighted by atomic mass is 10.2. The minimum atomic E-state index is 0.726. The molecule has 1 aromatic rings. The molecule has 0 spiro atoms. The number of hydrogen-bond acceptors (Lipinski definition) is 2. The van der Waals surface area contributed by atoms with Crippen molar-refractivity contribution in [2.75, 3.05) is 0 Å². The van der Waals surface area contributed by atoms with Crippen LogP contribution in [0.15, 0.2) is 43.0 Å². The Labute approximate surface area is 96.5 Å². The van der Waals surface area contributed by atoms with E-state index in [1.165, 1.54) is 0 Å². The zero-order valence-corrected chi connectivity index (χ0v) is 9.85. The van der Waals surface area contributed by atoms with E-state index in [1.807, 2.05) is 44.4 Å². The molecule has 0 N–H and O–H groups in total. The van der Waals surface area contributed by atoms with Crippen molar-refractivity contribution in [2.45, 2.75) is 13.3 Å². The van der Waals surface area contributed by atoms with Gasteiger partial charge in [-0.05, 0) is 18.6 Å². The zero-order valence-electron chi connectivity index (χ0n) is 9.85. The zero-order chi connectivity index (χ0) is 12.0. The van der Waals surface area contributed by atoms with Gasteiger partial charge in [0, 0.05) is 13.5 Å². The molecule has 0 bridgehead atoms. The average Bonchev–Trinajstić information content (AvgIpc) is 2.57. The summed E-state index contributed by atoms with van der Waals surface area (Å²) in [5.41, 5.74) is 2.74. The van der Waals surface area contributed by atoms with E-state index in [0.29, 0.717) is 0 Å². The summed E-state index contributed by atoms with van der Waals surface area (Å²) >= 11 is 0. The molecule has 0 aliphatic heterocycles. The Kier molecular flexibility index (Phi) is 4.45. The number of nitrogens with zero attached hydrogens (tertiary/aromatic N) is 3. The van der Waals surface area contributed by atoms with Gasteiger partial charge in [0.2, 0.25) is 0 Å². The monoisotopic (exact) mass is 215 g/mol. The van der Waals surface area contributed by atoms with Crippen LogP contribution in [-0.4, -0.2) is 15.0 Å². The number of aryl methyl sites for hydroxylation is 1. The summed E-state index contributed by atoms with van der Waals surface area (Å²) in [5, 5.41) is 8.53. The number of aromatic nitrogens is 3. The van der Waals surface area contributed by atoms with E-state index in [4.69, 9.17) is 0 Å². The maximum absolute atomic E-state index is 4.27. The highest BCUT2D eigenvalue weighted by Crippen LogP contribution is 2.08. The molecule has 0 unspecified atom stereocenters. The minimum Gasteiger partial charge on any atom is -0.187 e. The third kappa shape index (κ3) is 3.35. The second-order valence-corrected chi connectivity index (χ2v) is 3.42. The highest BCUT2D eigenvalue weighted by molar-refractivity contribution is 5.52. The van der Waals surface area contributed by atoms with Crippen molar-refractivity contribution in [2.24, 2.45) is 7.05 Å². The van der Waals surface area contributed by atoms with Crippen LogP contribution in [0.1, 0.15) is 18.3 Å². The minimum absolute atomic E-state index is 0.726. The fourth-order valence-corrected chi connectivity index (χ4v) is 1.33. The van der Waals surface area contributed by atoms with Gasteiger partial charge in [0.05, 0.1) is 5.69 Å². The molecule has 1 aromatic heterocycles. The smallest absolute Gasteiger partial charge is 0.109 e. The van der Waals surface area contributed by atoms with Gasteiger partial charge in [-0.25, -0.2) is 0 Å². The molecule has 1 heterocycles. The Morgan fingerprint density at radius 1 is 1.38 bits per heavy atom. The highest BCUT2D eigenvalue weighted by atomic mass is 15.5. The summed E-state index contributed by atoms with van der Waals surface area (Å²) in [7, 11) is 1.81. The SMILES string of the molecule is C=CCc1nn(C)nc1/C=C\C(=C)/C=C\C. The van der Waals surface area contributed by atoms with Gasteiger partial charge in [-0.3, -0.25) is 0 Å². The van der Waals surface area contributed by atoms with Crippen LogP contribution in [0.3, 0.4) is 0 Å². The maximum atomic E-state index is 4.27. The summed E-state index contributed by atoms with van der Waals surface area (Å²) < 4.78 is 0. The third-order valence-electron chi connectivity index (χ3n) is 1.99. The number of allylic oxidation sites excluding steroid dienone is 5. The normalized spacial score (nSPS) is 11.4. The van der Waals surface area contributed by atoms with Crippen molar-refractivity contribution in [1.29, 1.82) is 0 Å². The fraction of sp³-hybridized carbons (Fsp3) is 0.231. The van der Waals surface area contributed by atoms with Crippen LogP contribution in [0.2, 0.25) is 0 Å². The van der Waals surface area contributed by atoms with Crippen LogP contribution >= 0.6 is 0 Å². The van der Waals surface area contributed by atoms with Gasteiger partial charge in [-0.1, -0.05) is 30.9 Å². The van der Waals surface area contributed by atoms with Gasteiger partial charge in [0.1, 0.15) is 5.69 Å². The predicted octanol–water partition coefficient (Wildman–Crippen LogP) is 2.69. The molecule has 16 heavy (non-hydrogen) atoms. The Morgan fingerprint density at radius 2 is 2.12 bits per heavy atom. The van der Waals surface area contributed by atoms with E-state index in [2.05, 4.69) is 23.4 Å². The molecule has 0 saturated heterocycles. The van der Waals surface area contributed by atoms with E-state index >= 15 is 0 Å². The first kappa shape index (κ1) is 12.2. The van der Waals surface area contributed by atoms with Crippen LogP contribution in [0, 0.1) is 0 Å². The Balaban J connectivity index is 2.87. The topological polar surface area (TPSA) is 30.7 Å². The van der Waals surface area contributed by atoms with Gasteiger partial charge in [0.15, 0.2) is 0 Å². The second-order valence-electron chi connectivity index (χ2n) is 3.42. The molecule has 0 saturated carbocycles. The van der Waals surface area contributed by atoms with Crippen LogP contribution in [0.4, 0.5) is 0 Å². The highest BCUT2D eigenvalue weighted by Gasteiger charge is 2.04.